The first kappa shape index (κ1) is 18.1. The first-order valence-electron chi connectivity index (χ1n) is 8.25. The van der Waals surface area contributed by atoms with E-state index in [4.69, 9.17) is 11.6 Å². The number of benzene rings is 2. The Morgan fingerprint density at radius 2 is 1.88 bits per heavy atom. The van der Waals surface area contributed by atoms with E-state index in [1.165, 1.54) is 18.2 Å². The first-order chi connectivity index (χ1) is 12.5. The monoisotopic (exact) mass is 377 g/mol. The largest absolute Gasteiger partial charge is 0.369 e. The fourth-order valence-corrected chi connectivity index (χ4v) is 3.16. The van der Waals surface area contributed by atoms with Crippen molar-refractivity contribution < 1.29 is 14.1 Å². The molecule has 0 unspecified atom stereocenters. The number of nitro groups is 1. The number of hydrogen-bond donors (Lipinski definition) is 1. The van der Waals surface area contributed by atoms with Crippen molar-refractivity contribution >= 4 is 34.6 Å². The van der Waals surface area contributed by atoms with Gasteiger partial charge in [-0.2, -0.15) is 0 Å². The van der Waals surface area contributed by atoms with Crippen LogP contribution in [0.3, 0.4) is 0 Å². The molecule has 136 valence electrons. The molecule has 1 heterocycles. The van der Waals surface area contributed by atoms with Gasteiger partial charge in [-0.1, -0.05) is 11.6 Å². The van der Waals surface area contributed by atoms with E-state index in [2.05, 4.69) is 5.32 Å². The maximum Gasteiger partial charge on any atom is 0.288 e. The lowest BCUT2D eigenvalue weighted by Gasteiger charge is -2.29. The number of nitrogens with one attached hydrogen (secondary N) is 1. The molecule has 1 aliphatic rings. The summed E-state index contributed by atoms with van der Waals surface area (Å²) in [6.45, 7) is 1.63. The van der Waals surface area contributed by atoms with Crippen LogP contribution in [0.5, 0.6) is 0 Å². The highest BCUT2D eigenvalue weighted by molar-refractivity contribution is 6.32. The second kappa shape index (κ2) is 7.70. The second-order valence-electron chi connectivity index (χ2n) is 6.09. The summed E-state index contributed by atoms with van der Waals surface area (Å²) in [6.07, 6.45) is 3.22. The predicted molar refractivity (Wildman–Crippen MR) is 98.5 cm³/mol. The van der Waals surface area contributed by atoms with Crippen molar-refractivity contribution in [3.05, 3.63) is 62.9 Å². The molecule has 1 N–H and O–H groups in total. The van der Waals surface area contributed by atoms with Gasteiger partial charge in [-0.25, -0.2) is 4.39 Å². The number of carbonyl (C=O) groups is 1. The molecule has 8 heteroatoms. The number of nitro benzene ring substituents is 1. The Kier molecular flexibility index (Phi) is 5.37. The van der Waals surface area contributed by atoms with Crippen LogP contribution in [0.15, 0.2) is 36.4 Å². The lowest BCUT2D eigenvalue weighted by atomic mass is 10.1. The Morgan fingerprint density at radius 3 is 2.54 bits per heavy atom. The second-order valence-corrected chi connectivity index (χ2v) is 6.50. The zero-order valence-electron chi connectivity index (χ0n) is 13.9. The summed E-state index contributed by atoms with van der Waals surface area (Å²) in [7, 11) is 0. The van der Waals surface area contributed by atoms with Crippen LogP contribution in [0.4, 0.5) is 21.5 Å². The van der Waals surface area contributed by atoms with Gasteiger partial charge in [0.15, 0.2) is 0 Å². The average Bonchev–Trinajstić information content (AvgIpc) is 2.62. The average molecular weight is 378 g/mol. The van der Waals surface area contributed by atoms with Crippen LogP contribution < -0.4 is 10.2 Å². The van der Waals surface area contributed by atoms with Gasteiger partial charge in [-0.3, -0.25) is 14.9 Å². The maximum atomic E-state index is 14.4. The van der Waals surface area contributed by atoms with E-state index in [0.29, 0.717) is 5.69 Å². The maximum absolute atomic E-state index is 14.4. The zero-order valence-corrected chi connectivity index (χ0v) is 14.6. The summed E-state index contributed by atoms with van der Waals surface area (Å²) < 4.78 is 14.4. The van der Waals surface area contributed by atoms with Crippen LogP contribution in [0.2, 0.25) is 5.02 Å². The standard InChI is InChI=1S/C18H17ClFN3O3/c19-14-6-4-12(10-17(14)23(25)26)18(24)21-13-5-7-16(15(20)11-13)22-8-2-1-3-9-22/h4-7,10-11H,1-3,8-9H2,(H,21,24). The first-order valence-corrected chi connectivity index (χ1v) is 8.63. The van der Waals surface area contributed by atoms with Crippen molar-refractivity contribution in [3.63, 3.8) is 0 Å². The highest BCUT2D eigenvalue weighted by Gasteiger charge is 2.18. The van der Waals surface area contributed by atoms with Gasteiger partial charge in [0, 0.05) is 30.4 Å². The van der Waals surface area contributed by atoms with Crippen LogP contribution in [-0.4, -0.2) is 23.9 Å². The molecule has 0 aliphatic carbocycles. The van der Waals surface area contributed by atoms with Crippen molar-refractivity contribution in [3.8, 4) is 0 Å². The summed E-state index contributed by atoms with van der Waals surface area (Å²) in [4.78, 5) is 24.5. The molecule has 2 aromatic carbocycles. The molecule has 0 radical (unpaired) electrons. The normalized spacial score (nSPS) is 14.2. The minimum Gasteiger partial charge on any atom is -0.369 e. The smallest absolute Gasteiger partial charge is 0.288 e. The molecular weight excluding hydrogens is 361 g/mol. The Morgan fingerprint density at radius 1 is 1.15 bits per heavy atom. The van der Waals surface area contributed by atoms with Crippen molar-refractivity contribution in [2.75, 3.05) is 23.3 Å². The number of amides is 1. The van der Waals surface area contributed by atoms with Gasteiger partial charge in [0.1, 0.15) is 10.8 Å². The molecule has 1 aliphatic heterocycles. The molecule has 0 spiro atoms. The third kappa shape index (κ3) is 3.94. The summed E-state index contributed by atoms with van der Waals surface area (Å²) >= 11 is 5.74. The fraction of sp³-hybridized carbons (Fsp3) is 0.278. The van der Waals surface area contributed by atoms with Crippen molar-refractivity contribution in [1.82, 2.24) is 0 Å². The van der Waals surface area contributed by atoms with E-state index in [0.717, 1.165) is 38.4 Å². The van der Waals surface area contributed by atoms with Crippen LogP contribution in [0, 0.1) is 15.9 Å². The number of rotatable bonds is 4. The molecule has 1 amide bonds. The van der Waals surface area contributed by atoms with Crippen LogP contribution in [0.1, 0.15) is 29.6 Å². The zero-order chi connectivity index (χ0) is 18.7. The number of hydrogen-bond acceptors (Lipinski definition) is 4. The lowest BCUT2D eigenvalue weighted by molar-refractivity contribution is -0.384. The quantitative estimate of drug-likeness (QED) is 0.622. The van der Waals surface area contributed by atoms with Crippen LogP contribution >= 0.6 is 11.6 Å². The Hall–Kier alpha value is -2.67. The van der Waals surface area contributed by atoms with Gasteiger partial charge >= 0.3 is 0 Å². The molecule has 0 saturated carbocycles. The Balaban J connectivity index is 1.76. The van der Waals surface area contributed by atoms with Crippen molar-refractivity contribution in [2.24, 2.45) is 0 Å². The molecule has 1 fully saturated rings. The van der Waals surface area contributed by atoms with Crippen LogP contribution in [-0.2, 0) is 0 Å². The number of halogens is 2. The summed E-state index contributed by atoms with van der Waals surface area (Å²) in [5.74, 6) is -0.985. The van der Waals surface area contributed by atoms with E-state index in [9.17, 15) is 19.3 Å². The molecule has 26 heavy (non-hydrogen) atoms. The Bertz CT molecular complexity index is 854. The molecule has 6 nitrogen and oxygen atoms in total. The third-order valence-electron chi connectivity index (χ3n) is 4.31. The SMILES string of the molecule is O=C(Nc1ccc(N2CCCCC2)c(F)c1)c1ccc(Cl)c([N+](=O)[O-])c1. The van der Waals surface area contributed by atoms with E-state index in [1.807, 2.05) is 4.90 Å². The molecule has 0 aromatic heterocycles. The topological polar surface area (TPSA) is 75.5 Å². The van der Waals surface area contributed by atoms with Gasteiger partial charge < -0.3 is 10.2 Å². The van der Waals surface area contributed by atoms with Gasteiger partial charge in [-0.05, 0) is 49.6 Å². The van der Waals surface area contributed by atoms with E-state index >= 15 is 0 Å². The molecule has 2 aromatic rings. The molecule has 0 bridgehead atoms. The van der Waals surface area contributed by atoms with Gasteiger partial charge in [0.25, 0.3) is 11.6 Å². The van der Waals surface area contributed by atoms with Crippen molar-refractivity contribution in [1.29, 1.82) is 0 Å². The van der Waals surface area contributed by atoms with Gasteiger partial charge in [0.05, 0.1) is 10.6 Å². The van der Waals surface area contributed by atoms with Gasteiger partial charge in [0.2, 0.25) is 0 Å². The summed E-state index contributed by atoms with van der Waals surface area (Å²) in [6, 6.07) is 8.27. The number of anilines is 2. The number of piperidine rings is 1. The van der Waals surface area contributed by atoms with Crippen LogP contribution in [0.25, 0.3) is 0 Å². The highest BCUT2D eigenvalue weighted by Crippen LogP contribution is 2.27. The molecule has 0 atom stereocenters. The number of nitrogens with zero attached hydrogens (tertiary/aromatic N) is 2. The fourth-order valence-electron chi connectivity index (χ4n) is 2.97. The highest BCUT2D eigenvalue weighted by atomic mass is 35.5. The Labute approximate surface area is 154 Å². The summed E-state index contributed by atoms with van der Waals surface area (Å²) in [5, 5.41) is 13.4. The minimum atomic E-state index is -0.661. The minimum absolute atomic E-state index is 0.0523. The van der Waals surface area contributed by atoms with Gasteiger partial charge in [-0.15, -0.1) is 0 Å². The van der Waals surface area contributed by atoms with E-state index in [-0.39, 0.29) is 22.0 Å². The summed E-state index contributed by atoms with van der Waals surface area (Å²) in [5.41, 5.74) is 0.517. The molecule has 1 saturated heterocycles. The number of carbonyl (C=O) groups excluding carboxylic acids is 1. The molecule has 3 rings (SSSR count). The van der Waals surface area contributed by atoms with E-state index in [1.54, 1.807) is 12.1 Å². The third-order valence-corrected chi connectivity index (χ3v) is 4.63. The van der Waals surface area contributed by atoms with Crippen molar-refractivity contribution in [2.45, 2.75) is 19.3 Å². The lowest BCUT2D eigenvalue weighted by Crippen LogP contribution is -2.30. The predicted octanol–water partition coefficient (Wildman–Crippen LogP) is 4.63. The van der Waals surface area contributed by atoms with E-state index < -0.39 is 16.6 Å². The molecular formula is C18H17ClFN3O3.